The fourth-order valence-electron chi connectivity index (χ4n) is 0.0830. The van der Waals surface area contributed by atoms with Crippen LogP contribution in [0.15, 0.2) is 4.58 Å². The smallest absolute Gasteiger partial charge is 0.147 e. The number of nitrogens with zero attached hydrogens (tertiary/aromatic N) is 1. The molecule has 0 aromatic heterocycles. The molecule has 0 radical (unpaired) electrons. The first-order valence-corrected chi connectivity index (χ1v) is 2.42. The van der Waals surface area contributed by atoms with Gasteiger partial charge in [-0.15, -0.1) is 4.91 Å². The molecule has 0 spiro atoms. The van der Waals surface area contributed by atoms with E-state index in [1.807, 2.05) is 0 Å². The lowest BCUT2D eigenvalue weighted by Crippen LogP contribution is -2.03. The van der Waals surface area contributed by atoms with Crippen molar-refractivity contribution in [2.75, 3.05) is 6.61 Å². The summed E-state index contributed by atoms with van der Waals surface area (Å²) in [6.07, 6.45) is 0. The van der Waals surface area contributed by atoms with E-state index in [2.05, 4.69) is 4.58 Å². The molecule has 0 amide bonds. The van der Waals surface area contributed by atoms with E-state index in [9.17, 15) is 4.91 Å². The monoisotopic (exact) mass is 123 g/mol. The number of hydrogen-bond donors (Lipinski definition) is 2. The zero-order chi connectivity index (χ0) is 5.70. The van der Waals surface area contributed by atoms with E-state index in [-0.39, 0.29) is 0 Å². The second-order valence-electron chi connectivity index (χ2n) is 0.817. The molecule has 42 valence electrons. The van der Waals surface area contributed by atoms with E-state index < -0.39 is 12.0 Å². The Morgan fingerprint density at radius 1 is 1.86 bits per heavy atom. The number of aliphatic hydroxyl groups excluding tert-OH is 2. The van der Waals surface area contributed by atoms with E-state index in [0.29, 0.717) is 11.9 Å². The number of nitroso groups, excluding NO2 is 1. The summed E-state index contributed by atoms with van der Waals surface area (Å²) in [5, 5.41) is 16.3. The van der Waals surface area contributed by atoms with Gasteiger partial charge in [0.05, 0.1) is 18.6 Å². The molecule has 7 heavy (non-hydrogen) atoms. The van der Waals surface area contributed by atoms with E-state index in [1.54, 1.807) is 0 Å². The van der Waals surface area contributed by atoms with Gasteiger partial charge in [-0.05, 0) is 0 Å². The van der Waals surface area contributed by atoms with Crippen LogP contribution in [0.2, 0.25) is 0 Å². The average molecular weight is 123 g/mol. The molecule has 0 aromatic carbocycles. The first-order chi connectivity index (χ1) is 3.31. The summed E-state index contributed by atoms with van der Waals surface area (Å²) in [5.41, 5.74) is -1.06. The fraction of sp³-hybridized carbons (Fsp3) is 1.00. The zero-order valence-corrected chi connectivity index (χ0v) is 4.26. The minimum Gasteiger partial charge on any atom is -0.393 e. The molecule has 0 fully saturated rings. The van der Waals surface area contributed by atoms with Crippen LogP contribution in [0, 0.1) is 4.91 Å². The van der Waals surface area contributed by atoms with Crippen molar-refractivity contribution in [3.8, 4) is 0 Å². The summed E-state index contributed by atoms with van der Waals surface area (Å²) in [4.78, 5) is 9.22. The summed E-state index contributed by atoms with van der Waals surface area (Å²) < 4.78 is 2.26. The quantitative estimate of drug-likeness (QED) is 0.307. The molecule has 0 aliphatic carbocycles. The van der Waals surface area contributed by atoms with Crippen LogP contribution in [0.25, 0.3) is 0 Å². The van der Waals surface area contributed by atoms with E-state index in [4.69, 9.17) is 10.2 Å². The van der Waals surface area contributed by atoms with Crippen LogP contribution in [0.5, 0.6) is 0 Å². The van der Waals surface area contributed by atoms with Gasteiger partial charge in [-0.3, -0.25) is 0 Å². The summed E-state index contributed by atoms with van der Waals surface area (Å²) in [5.74, 6) is 0. The lowest BCUT2D eigenvalue weighted by atomic mass is 10.8. The van der Waals surface area contributed by atoms with Gasteiger partial charge in [-0.1, -0.05) is 0 Å². The SMILES string of the molecule is O=NSC(O)CO. The zero-order valence-electron chi connectivity index (χ0n) is 3.44. The van der Waals surface area contributed by atoms with Crippen LogP contribution in [0.4, 0.5) is 0 Å². The highest BCUT2D eigenvalue weighted by molar-refractivity contribution is 7.98. The van der Waals surface area contributed by atoms with Crippen molar-refractivity contribution in [2.45, 2.75) is 5.44 Å². The molecule has 0 saturated heterocycles. The molecule has 0 saturated carbocycles. The minimum atomic E-state index is -1.06. The lowest BCUT2D eigenvalue weighted by molar-refractivity contribution is 0.160. The number of aliphatic hydroxyl groups is 2. The number of hydrogen-bond acceptors (Lipinski definition) is 5. The maximum absolute atomic E-state index is 9.22. The highest BCUT2D eigenvalue weighted by atomic mass is 32.2. The Labute approximate surface area is 44.6 Å². The Hall–Kier alpha value is -0.130. The molecule has 4 nitrogen and oxygen atoms in total. The van der Waals surface area contributed by atoms with Crippen LogP contribution >= 0.6 is 11.9 Å². The van der Waals surface area contributed by atoms with Crippen molar-refractivity contribution in [3.63, 3.8) is 0 Å². The Bertz CT molecular complexity index is 58.9. The summed E-state index contributed by atoms with van der Waals surface area (Å²) >= 11 is 0.406. The normalized spacial score (nSPS) is 13.4. The molecule has 0 rings (SSSR count). The largest absolute Gasteiger partial charge is 0.393 e. The van der Waals surface area contributed by atoms with Crippen molar-refractivity contribution in [3.05, 3.63) is 4.91 Å². The Morgan fingerprint density at radius 2 is 2.43 bits per heavy atom. The van der Waals surface area contributed by atoms with Gasteiger partial charge in [0.25, 0.3) is 0 Å². The first kappa shape index (κ1) is 6.87. The molecule has 0 bridgehead atoms. The van der Waals surface area contributed by atoms with Crippen LogP contribution < -0.4 is 0 Å². The van der Waals surface area contributed by atoms with Gasteiger partial charge in [-0.2, -0.15) is 0 Å². The van der Waals surface area contributed by atoms with Gasteiger partial charge in [0.2, 0.25) is 0 Å². The van der Waals surface area contributed by atoms with Crippen LogP contribution in [-0.2, 0) is 0 Å². The van der Waals surface area contributed by atoms with Gasteiger partial charge >= 0.3 is 0 Å². The Morgan fingerprint density at radius 3 is 2.57 bits per heavy atom. The second kappa shape index (κ2) is 4.04. The van der Waals surface area contributed by atoms with Crippen molar-refractivity contribution < 1.29 is 10.2 Å². The molecule has 1 unspecified atom stereocenters. The van der Waals surface area contributed by atoms with Crippen LogP contribution in [0.1, 0.15) is 0 Å². The van der Waals surface area contributed by atoms with Crippen molar-refractivity contribution >= 4 is 11.9 Å². The topological polar surface area (TPSA) is 69.9 Å². The highest BCUT2D eigenvalue weighted by Gasteiger charge is 1.99. The van der Waals surface area contributed by atoms with Crippen molar-refractivity contribution in [2.24, 2.45) is 4.58 Å². The molecule has 2 N–H and O–H groups in total. The predicted molar refractivity (Wildman–Crippen MR) is 26.5 cm³/mol. The van der Waals surface area contributed by atoms with E-state index in [1.165, 1.54) is 0 Å². The third-order valence-electron chi connectivity index (χ3n) is 0.321. The van der Waals surface area contributed by atoms with Gasteiger partial charge < -0.3 is 10.2 Å². The van der Waals surface area contributed by atoms with Gasteiger partial charge in [0.1, 0.15) is 5.44 Å². The van der Waals surface area contributed by atoms with Crippen LogP contribution in [0.3, 0.4) is 0 Å². The molecule has 1 atom stereocenters. The third-order valence-corrected chi connectivity index (χ3v) is 0.799. The first-order valence-electron chi connectivity index (χ1n) is 1.58. The standard InChI is InChI=1S/C2H5NO3S/c4-1-2(5)7-3-6/h2,4-5H,1H2. The van der Waals surface area contributed by atoms with Crippen molar-refractivity contribution in [1.29, 1.82) is 0 Å². The maximum atomic E-state index is 9.22. The predicted octanol–water partition coefficient (Wildman–Crippen LogP) is -0.288. The lowest BCUT2D eigenvalue weighted by Gasteiger charge is -1.94. The van der Waals surface area contributed by atoms with Crippen molar-refractivity contribution in [1.82, 2.24) is 0 Å². The average Bonchev–Trinajstić information content (AvgIpc) is 1.68. The summed E-state index contributed by atoms with van der Waals surface area (Å²) in [6.45, 7) is -0.434. The maximum Gasteiger partial charge on any atom is 0.147 e. The van der Waals surface area contributed by atoms with E-state index >= 15 is 0 Å². The van der Waals surface area contributed by atoms with Gasteiger partial charge in [0.15, 0.2) is 0 Å². The van der Waals surface area contributed by atoms with E-state index in [0.717, 1.165) is 0 Å². The molecule has 0 aromatic rings. The molecule has 0 aliphatic rings. The fourth-order valence-corrected chi connectivity index (χ4v) is 0.249. The summed E-state index contributed by atoms with van der Waals surface area (Å²) in [6, 6.07) is 0. The molecular weight excluding hydrogens is 118 g/mol. The molecule has 0 heterocycles. The van der Waals surface area contributed by atoms with Gasteiger partial charge in [0, 0.05) is 4.58 Å². The minimum absolute atomic E-state index is 0.406. The second-order valence-corrected chi connectivity index (χ2v) is 1.72. The third kappa shape index (κ3) is 3.71. The van der Waals surface area contributed by atoms with Gasteiger partial charge in [-0.25, -0.2) is 0 Å². The molecule has 5 heteroatoms. The Balaban J connectivity index is 2.98. The highest BCUT2D eigenvalue weighted by Crippen LogP contribution is 2.05. The molecular formula is C2H5NO3S. The molecule has 0 aliphatic heterocycles. The Kier molecular flexibility index (Phi) is 3.97. The number of rotatable bonds is 3. The summed E-state index contributed by atoms with van der Waals surface area (Å²) in [7, 11) is 0. The van der Waals surface area contributed by atoms with Crippen LogP contribution in [-0.4, -0.2) is 22.3 Å².